The summed E-state index contributed by atoms with van der Waals surface area (Å²) in [7, 11) is 0. The molecule has 0 saturated heterocycles. The van der Waals surface area contributed by atoms with Crippen molar-refractivity contribution in [3.8, 4) is 11.1 Å². The first kappa shape index (κ1) is 14.7. The average molecular weight is 308 g/mol. The van der Waals surface area contributed by atoms with E-state index in [1.807, 2.05) is 6.08 Å². The van der Waals surface area contributed by atoms with Crippen molar-refractivity contribution in [1.82, 2.24) is 0 Å². The van der Waals surface area contributed by atoms with E-state index in [0.717, 1.165) is 6.42 Å². The molecule has 0 aromatic heterocycles. The Hall–Kier alpha value is -2.86. The molecule has 0 aliphatic heterocycles. The summed E-state index contributed by atoms with van der Waals surface area (Å²) in [6.07, 6.45) is 2.88. The second kappa shape index (κ2) is 5.98. The van der Waals surface area contributed by atoms with E-state index in [0.29, 0.717) is 0 Å². The summed E-state index contributed by atoms with van der Waals surface area (Å²) in [6, 6.07) is 26.3. The molecule has 0 heterocycles. The van der Waals surface area contributed by atoms with Crippen molar-refractivity contribution >= 4 is 21.5 Å². The van der Waals surface area contributed by atoms with Crippen molar-refractivity contribution < 1.29 is 0 Å². The van der Waals surface area contributed by atoms with Crippen LogP contribution in [0.4, 0.5) is 0 Å². The summed E-state index contributed by atoms with van der Waals surface area (Å²) in [5.74, 6) is 0. The zero-order valence-electron chi connectivity index (χ0n) is 13.9. The highest BCUT2D eigenvalue weighted by atomic mass is 14.2. The van der Waals surface area contributed by atoms with Gasteiger partial charge in [-0.05, 0) is 51.6 Å². The molecule has 0 spiro atoms. The number of rotatable bonds is 3. The van der Waals surface area contributed by atoms with Crippen LogP contribution in [0.2, 0.25) is 0 Å². The summed E-state index contributed by atoms with van der Waals surface area (Å²) in [6.45, 7) is 6.11. The maximum atomic E-state index is 3.96. The van der Waals surface area contributed by atoms with Gasteiger partial charge in [0, 0.05) is 0 Å². The summed E-state index contributed by atoms with van der Waals surface area (Å²) in [5, 5.41) is 5.29. The Morgan fingerprint density at radius 3 is 1.88 bits per heavy atom. The van der Waals surface area contributed by atoms with Gasteiger partial charge in [-0.3, -0.25) is 0 Å². The van der Waals surface area contributed by atoms with Gasteiger partial charge in [0.25, 0.3) is 0 Å². The van der Waals surface area contributed by atoms with Crippen LogP contribution in [0.25, 0.3) is 32.7 Å². The normalized spacial score (nSPS) is 11.0. The molecule has 0 saturated carbocycles. The number of benzene rings is 4. The quantitative estimate of drug-likeness (QED) is 0.292. The van der Waals surface area contributed by atoms with Crippen LogP contribution in [-0.4, -0.2) is 0 Å². The first-order valence-electron chi connectivity index (χ1n) is 8.40. The van der Waals surface area contributed by atoms with E-state index in [1.54, 1.807) is 0 Å². The number of hydrogen-bond donors (Lipinski definition) is 0. The van der Waals surface area contributed by atoms with Crippen LogP contribution in [0, 0.1) is 6.92 Å². The third-order valence-electron chi connectivity index (χ3n) is 4.70. The number of allylic oxidation sites excluding steroid dienone is 1. The molecule has 24 heavy (non-hydrogen) atoms. The maximum Gasteiger partial charge on any atom is -0.00265 e. The molecular formula is C24H20. The Morgan fingerprint density at radius 2 is 1.33 bits per heavy atom. The standard InChI is InChI=1S/C24H20/c1-3-9-19-20-12-4-6-14-22(20)24(18-11-8-10-17(2)16-18)23-15-7-5-13-21(19)23/h3-8,10-16H,1,9H2,2H3. The number of hydrogen-bond acceptors (Lipinski definition) is 0. The monoisotopic (exact) mass is 308 g/mol. The van der Waals surface area contributed by atoms with E-state index >= 15 is 0 Å². The molecule has 0 N–H and O–H groups in total. The molecule has 0 unspecified atom stereocenters. The van der Waals surface area contributed by atoms with Gasteiger partial charge in [0.2, 0.25) is 0 Å². The lowest BCUT2D eigenvalue weighted by Gasteiger charge is -2.16. The smallest absolute Gasteiger partial charge is 0.00265 e. The number of aryl methyl sites for hydroxylation is 1. The van der Waals surface area contributed by atoms with Gasteiger partial charge in [0.05, 0.1) is 0 Å². The van der Waals surface area contributed by atoms with Gasteiger partial charge in [-0.15, -0.1) is 6.58 Å². The van der Waals surface area contributed by atoms with Crippen molar-refractivity contribution in [2.24, 2.45) is 0 Å². The Bertz CT molecular complexity index is 997. The van der Waals surface area contributed by atoms with Crippen molar-refractivity contribution in [2.45, 2.75) is 13.3 Å². The highest BCUT2D eigenvalue weighted by Crippen LogP contribution is 2.39. The van der Waals surface area contributed by atoms with Crippen molar-refractivity contribution in [1.29, 1.82) is 0 Å². The third kappa shape index (κ3) is 2.32. The van der Waals surface area contributed by atoms with Gasteiger partial charge >= 0.3 is 0 Å². The summed E-state index contributed by atoms with van der Waals surface area (Å²) < 4.78 is 0. The molecule has 4 aromatic rings. The summed E-state index contributed by atoms with van der Waals surface area (Å²) in [4.78, 5) is 0. The minimum absolute atomic E-state index is 0.884. The molecule has 0 amide bonds. The minimum atomic E-state index is 0.884. The fourth-order valence-electron chi connectivity index (χ4n) is 3.69. The first-order valence-corrected chi connectivity index (χ1v) is 8.40. The topological polar surface area (TPSA) is 0 Å². The average Bonchev–Trinajstić information content (AvgIpc) is 2.62. The van der Waals surface area contributed by atoms with E-state index < -0.39 is 0 Å². The molecule has 0 aliphatic carbocycles. The molecule has 0 nitrogen and oxygen atoms in total. The predicted octanol–water partition coefficient (Wildman–Crippen LogP) is 6.70. The van der Waals surface area contributed by atoms with Gasteiger partial charge in [0.15, 0.2) is 0 Å². The Morgan fingerprint density at radius 1 is 0.750 bits per heavy atom. The zero-order valence-corrected chi connectivity index (χ0v) is 13.9. The van der Waals surface area contributed by atoms with Crippen molar-refractivity contribution in [3.63, 3.8) is 0 Å². The molecule has 116 valence electrons. The van der Waals surface area contributed by atoms with Crippen LogP contribution in [0.1, 0.15) is 11.1 Å². The first-order chi connectivity index (χ1) is 11.8. The van der Waals surface area contributed by atoms with Crippen LogP contribution < -0.4 is 0 Å². The molecule has 0 heteroatoms. The van der Waals surface area contributed by atoms with Gasteiger partial charge in [-0.25, -0.2) is 0 Å². The van der Waals surface area contributed by atoms with Crippen LogP contribution in [0.15, 0.2) is 85.5 Å². The fourth-order valence-corrected chi connectivity index (χ4v) is 3.69. The molecular weight excluding hydrogens is 288 g/mol. The van der Waals surface area contributed by atoms with Crippen LogP contribution in [0.5, 0.6) is 0 Å². The van der Waals surface area contributed by atoms with Gasteiger partial charge < -0.3 is 0 Å². The molecule has 0 aliphatic rings. The molecule has 4 aromatic carbocycles. The Kier molecular flexibility index (Phi) is 3.66. The van der Waals surface area contributed by atoms with Crippen molar-refractivity contribution in [2.75, 3.05) is 0 Å². The molecule has 0 fully saturated rings. The second-order valence-electron chi connectivity index (χ2n) is 6.31. The lowest BCUT2D eigenvalue weighted by atomic mass is 9.87. The van der Waals surface area contributed by atoms with E-state index in [4.69, 9.17) is 0 Å². The highest BCUT2D eigenvalue weighted by Gasteiger charge is 2.14. The third-order valence-corrected chi connectivity index (χ3v) is 4.70. The molecule has 0 bridgehead atoms. The van der Waals surface area contributed by atoms with Gasteiger partial charge in [-0.1, -0.05) is 84.4 Å². The maximum absolute atomic E-state index is 3.96. The van der Waals surface area contributed by atoms with Crippen molar-refractivity contribution in [3.05, 3.63) is 96.6 Å². The predicted molar refractivity (Wildman–Crippen MR) is 106 cm³/mol. The van der Waals surface area contributed by atoms with E-state index in [9.17, 15) is 0 Å². The lowest BCUT2D eigenvalue weighted by molar-refractivity contribution is 1.34. The minimum Gasteiger partial charge on any atom is -0.103 e. The lowest BCUT2D eigenvalue weighted by Crippen LogP contribution is -1.92. The molecule has 0 radical (unpaired) electrons. The van der Waals surface area contributed by atoms with Crippen LogP contribution in [-0.2, 0) is 6.42 Å². The van der Waals surface area contributed by atoms with Gasteiger partial charge in [-0.2, -0.15) is 0 Å². The van der Waals surface area contributed by atoms with Crippen LogP contribution >= 0.6 is 0 Å². The Balaban J connectivity index is 2.23. The van der Waals surface area contributed by atoms with E-state index in [1.165, 1.54) is 43.8 Å². The zero-order chi connectivity index (χ0) is 16.5. The Labute approximate surface area is 143 Å². The number of fused-ring (bicyclic) bond motifs is 2. The van der Waals surface area contributed by atoms with E-state index in [2.05, 4.69) is 86.3 Å². The van der Waals surface area contributed by atoms with E-state index in [-0.39, 0.29) is 0 Å². The summed E-state index contributed by atoms with van der Waals surface area (Å²) >= 11 is 0. The SMILES string of the molecule is C=CCc1c2ccccc2c(-c2cccc(C)c2)c2ccccc12. The van der Waals surface area contributed by atoms with Crippen LogP contribution in [0.3, 0.4) is 0 Å². The van der Waals surface area contributed by atoms with Gasteiger partial charge in [0.1, 0.15) is 0 Å². The molecule has 0 atom stereocenters. The second-order valence-corrected chi connectivity index (χ2v) is 6.31. The largest absolute Gasteiger partial charge is 0.103 e. The summed E-state index contributed by atoms with van der Waals surface area (Å²) in [5.41, 5.74) is 5.27. The molecule has 4 rings (SSSR count). The highest BCUT2D eigenvalue weighted by molar-refractivity contribution is 6.15. The fraction of sp³-hybridized carbons (Fsp3) is 0.0833.